The van der Waals surface area contributed by atoms with E-state index in [2.05, 4.69) is 34.9 Å². The number of anilines is 1. The summed E-state index contributed by atoms with van der Waals surface area (Å²) in [6.45, 7) is 4.70. The molecule has 23 heavy (non-hydrogen) atoms. The maximum Gasteiger partial charge on any atom is 0.328 e. The molecular weight excluding hydrogens is 292 g/mol. The molecule has 0 radical (unpaired) electrons. The van der Waals surface area contributed by atoms with Gasteiger partial charge < -0.3 is 4.57 Å². The van der Waals surface area contributed by atoms with Crippen molar-refractivity contribution in [1.82, 2.24) is 14.9 Å². The second-order valence-electron chi connectivity index (χ2n) is 6.68. The van der Waals surface area contributed by atoms with Gasteiger partial charge in [-0.25, -0.2) is 9.78 Å². The van der Waals surface area contributed by atoms with E-state index in [0.717, 1.165) is 16.7 Å². The second kappa shape index (κ2) is 5.08. The lowest BCUT2D eigenvalue weighted by Crippen LogP contribution is -2.49. The molecule has 6 nitrogen and oxygen atoms in total. The van der Waals surface area contributed by atoms with E-state index < -0.39 is 0 Å². The van der Waals surface area contributed by atoms with Crippen LogP contribution < -0.4 is 10.2 Å². The Morgan fingerprint density at radius 2 is 2.13 bits per heavy atom. The Morgan fingerprint density at radius 1 is 1.35 bits per heavy atom. The van der Waals surface area contributed by atoms with Crippen LogP contribution in [0, 0.1) is 0 Å². The molecule has 1 saturated carbocycles. The van der Waals surface area contributed by atoms with Crippen LogP contribution >= 0.6 is 0 Å². The van der Waals surface area contributed by atoms with E-state index in [1.807, 2.05) is 6.07 Å². The molecule has 2 aliphatic rings. The maximum absolute atomic E-state index is 12.0. The SMILES string of the molecule is CC(C)n1cc(C2CC2)c2cc(N3CCC(=O)NC3=O)cnc21.[HH]. The van der Waals surface area contributed by atoms with Gasteiger partial charge in [-0.2, -0.15) is 0 Å². The van der Waals surface area contributed by atoms with E-state index in [9.17, 15) is 9.59 Å². The first-order chi connectivity index (χ1) is 11.0. The fourth-order valence-corrected chi connectivity index (χ4v) is 3.22. The third kappa shape index (κ3) is 2.38. The third-order valence-electron chi connectivity index (χ3n) is 4.63. The average Bonchev–Trinajstić information content (AvgIpc) is 3.27. The zero-order valence-electron chi connectivity index (χ0n) is 13.4. The smallest absolute Gasteiger partial charge is 0.328 e. The first-order valence-corrected chi connectivity index (χ1v) is 8.16. The maximum atomic E-state index is 12.0. The van der Waals surface area contributed by atoms with Crippen LogP contribution in [0.15, 0.2) is 18.5 Å². The van der Waals surface area contributed by atoms with Crippen molar-refractivity contribution in [2.45, 2.75) is 45.1 Å². The molecular formula is C17H22N4O2. The molecule has 1 N–H and O–H groups in total. The predicted octanol–water partition coefficient (Wildman–Crippen LogP) is 3.19. The molecule has 1 aliphatic carbocycles. The highest BCUT2D eigenvalue weighted by Gasteiger charge is 2.30. The van der Waals surface area contributed by atoms with Crippen LogP contribution in [0.4, 0.5) is 10.5 Å². The lowest BCUT2D eigenvalue weighted by Gasteiger charge is -2.26. The number of nitrogens with zero attached hydrogens (tertiary/aromatic N) is 3. The van der Waals surface area contributed by atoms with Crippen molar-refractivity contribution < 1.29 is 11.0 Å². The minimum absolute atomic E-state index is 0. The number of carbonyl (C=O) groups is 2. The van der Waals surface area contributed by atoms with Gasteiger partial charge in [0.25, 0.3) is 0 Å². The van der Waals surface area contributed by atoms with Gasteiger partial charge >= 0.3 is 6.03 Å². The standard InChI is InChI=1S/C17H20N4O2.H2/c1-10(2)21-9-14(11-3-4-11)13-7-12(8-18-16(13)21)20-6-5-15(22)19-17(20)23;/h7-11H,3-6H2,1-2H3,(H,19,22,23);1H. The largest absolute Gasteiger partial charge is 0.330 e. The fourth-order valence-electron chi connectivity index (χ4n) is 3.22. The average molecular weight is 314 g/mol. The summed E-state index contributed by atoms with van der Waals surface area (Å²) in [5, 5.41) is 3.49. The number of carbonyl (C=O) groups excluding carboxylic acids is 2. The first-order valence-electron chi connectivity index (χ1n) is 8.16. The number of fused-ring (bicyclic) bond motifs is 1. The summed E-state index contributed by atoms with van der Waals surface area (Å²) in [6.07, 6.45) is 6.71. The molecule has 0 aromatic carbocycles. The van der Waals surface area contributed by atoms with Crippen molar-refractivity contribution in [1.29, 1.82) is 0 Å². The summed E-state index contributed by atoms with van der Waals surface area (Å²) in [4.78, 5) is 29.6. The number of rotatable bonds is 3. The molecule has 6 heteroatoms. The molecule has 1 saturated heterocycles. The van der Waals surface area contributed by atoms with Crippen LogP contribution in [0.3, 0.4) is 0 Å². The van der Waals surface area contributed by atoms with Gasteiger partial charge in [0.15, 0.2) is 0 Å². The van der Waals surface area contributed by atoms with Crippen LogP contribution in [-0.4, -0.2) is 28.0 Å². The molecule has 2 fully saturated rings. The fraction of sp³-hybridized carbons (Fsp3) is 0.471. The summed E-state index contributed by atoms with van der Waals surface area (Å²) in [6, 6.07) is 2.03. The van der Waals surface area contributed by atoms with Crippen molar-refractivity contribution in [2.24, 2.45) is 0 Å². The summed E-state index contributed by atoms with van der Waals surface area (Å²) in [7, 11) is 0. The molecule has 3 amide bonds. The van der Waals surface area contributed by atoms with E-state index in [4.69, 9.17) is 0 Å². The van der Waals surface area contributed by atoms with Crippen LogP contribution in [-0.2, 0) is 4.79 Å². The van der Waals surface area contributed by atoms with E-state index in [1.165, 1.54) is 18.4 Å². The highest BCUT2D eigenvalue weighted by atomic mass is 16.2. The quantitative estimate of drug-likeness (QED) is 0.946. The molecule has 2 aromatic heterocycles. The van der Waals surface area contributed by atoms with Gasteiger partial charge in [0, 0.05) is 32.0 Å². The summed E-state index contributed by atoms with van der Waals surface area (Å²) < 4.78 is 2.20. The van der Waals surface area contributed by atoms with Gasteiger partial charge in [0.05, 0.1) is 11.9 Å². The third-order valence-corrected chi connectivity index (χ3v) is 4.63. The van der Waals surface area contributed by atoms with Gasteiger partial charge in [-0.05, 0) is 44.2 Å². The minimum atomic E-state index is -0.362. The van der Waals surface area contributed by atoms with Gasteiger partial charge in [0.1, 0.15) is 5.65 Å². The monoisotopic (exact) mass is 314 g/mol. The second-order valence-corrected chi connectivity index (χ2v) is 6.68. The van der Waals surface area contributed by atoms with Crippen molar-refractivity contribution in [3.63, 3.8) is 0 Å². The number of hydrogen-bond donors (Lipinski definition) is 1. The number of amides is 3. The predicted molar refractivity (Wildman–Crippen MR) is 89.7 cm³/mol. The first kappa shape index (κ1) is 14.2. The number of hydrogen-bond acceptors (Lipinski definition) is 3. The lowest BCUT2D eigenvalue weighted by molar-refractivity contribution is -0.120. The number of aromatic nitrogens is 2. The molecule has 0 atom stereocenters. The van der Waals surface area contributed by atoms with Crippen LogP contribution in [0.5, 0.6) is 0 Å². The van der Waals surface area contributed by atoms with Crippen molar-refractivity contribution >= 4 is 28.7 Å². The number of pyridine rings is 1. The lowest BCUT2D eigenvalue weighted by atomic mass is 10.1. The molecule has 122 valence electrons. The Labute approximate surface area is 136 Å². The van der Waals surface area contributed by atoms with Gasteiger partial charge in [0.2, 0.25) is 5.91 Å². The normalized spacial score (nSPS) is 18.8. The topological polar surface area (TPSA) is 67.2 Å². The molecule has 0 unspecified atom stereocenters. The van der Waals surface area contributed by atoms with Crippen molar-refractivity contribution in [3.8, 4) is 0 Å². The van der Waals surface area contributed by atoms with Crippen LogP contribution in [0.25, 0.3) is 11.0 Å². The number of urea groups is 1. The highest BCUT2D eigenvalue weighted by molar-refractivity contribution is 6.06. The van der Waals surface area contributed by atoms with E-state index >= 15 is 0 Å². The molecule has 0 bridgehead atoms. The highest BCUT2D eigenvalue weighted by Crippen LogP contribution is 2.44. The Morgan fingerprint density at radius 3 is 2.78 bits per heavy atom. The Hall–Kier alpha value is -2.37. The minimum Gasteiger partial charge on any atom is -0.330 e. The van der Waals surface area contributed by atoms with E-state index in [1.54, 1.807) is 11.1 Å². The van der Waals surface area contributed by atoms with Crippen molar-refractivity contribution in [2.75, 3.05) is 11.4 Å². The van der Waals surface area contributed by atoms with Crippen molar-refractivity contribution in [3.05, 3.63) is 24.0 Å². The Balaban J connectivity index is 0.00000169. The molecule has 2 aromatic rings. The Kier molecular flexibility index (Phi) is 3.14. The van der Waals surface area contributed by atoms with Gasteiger partial charge in [-0.3, -0.25) is 15.0 Å². The zero-order chi connectivity index (χ0) is 16.1. The van der Waals surface area contributed by atoms with Crippen LogP contribution in [0.1, 0.15) is 52.1 Å². The summed E-state index contributed by atoms with van der Waals surface area (Å²) >= 11 is 0. The molecule has 1 aliphatic heterocycles. The summed E-state index contributed by atoms with van der Waals surface area (Å²) in [5.41, 5.74) is 3.06. The zero-order valence-corrected chi connectivity index (χ0v) is 13.4. The molecule has 0 spiro atoms. The molecule has 4 rings (SSSR count). The summed E-state index contributed by atoms with van der Waals surface area (Å²) in [5.74, 6) is 0.399. The van der Waals surface area contributed by atoms with Gasteiger partial charge in [-0.1, -0.05) is 0 Å². The van der Waals surface area contributed by atoms with E-state index in [0.29, 0.717) is 24.9 Å². The van der Waals surface area contributed by atoms with Crippen LogP contribution in [0.2, 0.25) is 0 Å². The number of imide groups is 1. The van der Waals surface area contributed by atoms with Gasteiger partial charge in [-0.15, -0.1) is 0 Å². The number of nitrogens with one attached hydrogen (secondary N) is 1. The Bertz CT molecular complexity index is 810. The molecule has 3 heterocycles. The van der Waals surface area contributed by atoms with E-state index in [-0.39, 0.29) is 13.4 Å².